The van der Waals surface area contributed by atoms with Crippen LogP contribution in [-0.2, 0) is 10.3 Å². The van der Waals surface area contributed by atoms with Crippen molar-refractivity contribution in [2.75, 3.05) is 0 Å². The van der Waals surface area contributed by atoms with Gasteiger partial charge < -0.3 is 5.73 Å². The Kier molecular flexibility index (Phi) is 3.78. The number of carbonyl (C=O) groups is 1. The smallest absolute Gasteiger partial charge is 0.243 e. The Hall–Kier alpha value is -1.98. The number of imidazole rings is 1. The minimum Gasteiger partial charge on any atom is -0.368 e. The zero-order valence-corrected chi connectivity index (χ0v) is 11.3. The Balaban J connectivity index is 2.62. The van der Waals surface area contributed by atoms with E-state index in [9.17, 15) is 4.79 Å². The van der Waals surface area contributed by atoms with E-state index in [2.05, 4.69) is 15.0 Å². The second-order valence-corrected chi connectivity index (χ2v) is 4.74. The molecule has 2 aromatic heterocycles. The van der Waals surface area contributed by atoms with Gasteiger partial charge in [-0.3, -0.25) is 9.36 Å². The molecule has 0 radical (unpaired) electrons. The highest BCUT2D eigenvalue weighted by Crippen LogP contribution is 2.31. The minimum atomic E-state index is -0.743. The molecule has 102 valence electrons. The molecule has 2 aromatic rings. The summed E-state index contributed by atoms with van der Waals surface area (Å²) in [4.78, 5) is 24.5. The summed E-state index contributed by atoms with van der Waals surface area (Å²) in [5.41, 5.74) is 6.30. The van der Waals surface area contributed by atoms with Gasteiger partial charge in [-0.1, -0.05) is 26.7 Å². The van der Waals surface area contributed by atoms with Gasteiger partial charge in [0.05, 0.1) is 12.5 Å². The van der Waals surface area contributed by atoms with Gasteiger partial charge in [0.25, 0.3) is 0 Å². The zero-order valence-electron chi connectivity index (χ0n) is 11.3. The molecule has 0 bridgehead atoms. The maximum atomic E-state index is 12.1. The van der Waals surface area contributed by atoms with Gasteiger partial charge in [0.15, 0.2) is 5.65 Å². The fourth-order valence-corrected chi connectivity index (χ4v) is 2.64. The lowest BCUT2D eigenvalue weighted by Crippen LogP contribution is -2.46. The van der Waals surface area contributed by atoms with E-state index >= 15 is 0 Å². The Labute approximate surface area is 112 Å². The molecule has 2 rings (SSSR count). The van der Waals surface area contributed by atoms with Gasteiger partial charge in [-0.05, 0) is 12.8 Å². The molecule has 0 aromatic carbocycles. The SMILES string of the molecule is CCCC(CCC)(C(N)=O)n1cnc2cncnc21. The van der Waals surface area contributed by atoms with Crippen LogP contribution in [0.25, 0.3) is 11.2 Å². The van der Waals surface area contributed by atoms with Gasteiger partial charge in [-0.15, -0.1) is 0 Å². The lowest BCUT2D eigenvalue weighted by atomic mass is 9.87. The first kappa shape index (κ1) is 13.5. The molecule has 2 heterocycles. The second kappa shape index (κ2) is 5.34. The summed E-state index contributed by atoms with van der Waals surface area (Å²) >= 11 is 0. The van der Waals surface area contributed by atoms with Crippen LogP contribution in [0.2, 0.25) is 0 Å². The van der Waals surface area contributed by atoms with Crippen molar-refractivity contribution in [2.24, 2.45) is 5.73 Å². The van der Waals surface area contributed by atoms with Gasteiger partial charge >= 0.3 is 0 Å². The molecule has 0 aliphatic rings. The predicted octanol–water partition coefficient (Wildman–Crippen LogP) is 1.61. The number of hydrogen-bond donors (Lipinski definition) is 1. The third-order valence-electron chi connectivity index (χ3n) is 3.46. The molecule has 0 aliphatic carbocycles. The second-order valence-electron chi connectivity index (χ2n) is 4.74. The fourth-order valence-electron chi connectivity index (χ4n) is 2.64. The molecule has 0 atom stereocenters. The molecule has 2 N–H and O–H groups in total. The van der Waals surface area contributed by atoms with Gasteiger partial charge in [0.2, 0.25) is 5.91 Å². The van der Waals surface area contributed by atoms with Crippen molar-refractivity contribution >= 4 is 17.1 Å². The Morgan fingerprint density at radius 3 is 2.58 bits per heavy atom. The number of nitrogens with two attached hydrogens (primary N) is 1. The Morgan fingerprint density at radius 2 is 2.00 bits per heavy atom. The molecule has 0 saturated carbocycles. The monoisotopic (exact) mass is 261 g/mol. The molecule has 1 amide bonds. The molecule has 0 aliphatic heterocycles. The van der Waals surface area contributed by atoms with Crippen LogP contribution in [0.1, 0.15) is 39.5 Å². The summed E-state index contributed by atoms with van der Waals surface area (Å²) < 4.78 is 1.82. The largest absolute Gasteiger partial charge is 0.368 e. The van der Waals surface area contributed by atoms with Crippen molar-refractivity contribution in [3.05, 3.63) is 18.9 Å². The molecule has 0 fully saturated rings. The lowest BCUT2D eigenvalue weighted by Gasteiger charge is -2.31. The number of nitrogens with zero attached hydrogens (tertiary/aromatic N) is 4. The number of hydrogen-bond acceptors (Lipinski definition) is 4. The van der Waals surface area contributed by atoms with Crippen LogP contribution in [-0.4, -0.2) is 25.4 Å². The van der Waals surface area contributed by atoms with Crippen molar-refractivity contribution in [2.45, 2.75) is 45.1 Å². The van der Waals surface area contributed by atoms with Gasteiger partial charge in [0, 0.05) is 0 Å². The highest BCUT2D eigenvalue weighted by Gasteiger charge is 2.38. The van der Waals surface area contributed by atoms with Crippen LogP contribution in [0.4, 0.5) is 0 Å². The van der Waals surface area contributed by atoms with E-state index in [1.165, 1.54) is 6.33 Å². The zero-order chi connectivity index (χ0) is 13.9. The van der Waals surface area contributed by atoms with Crippen LogP contribution in [0.15, 0.2) is 18.9 Å². The Morgan fingerprint density at radius 1 is 1.32 bits per heavy atom. The van der Waals surface area contributed by atoms with E-state index in [-0.39, 0.29) is 5.91 Å². The van der Waals surface area contributed by atoms with Crippen molar-refractivity contribution in [3.63, 3.8) is 0 Å². The van der Waals surface area contributed by atoms with Gasteiger partial charge in [-0.2, -0.15) is 0 Å². The van der Waals surface area contributed by atoms with E-state index in [4.69, 9.17) is 5.73 Å². The van der Waals surface area contributed by atoms with E-state index in [0.717, 1.165) is 12.8 Å². The molecule has 0 saturated heterocycles. The number of carbonyl (C=O) groups excluding carboxylic acids is 1. The molecule has 0 unspecified atom stereocenters. The quantitative estimate of drug-likeness (QED) is 0.855. The van der Waals surface area contributed by atoms with Crippen LogP contribution in [0.3, 0.4) is 0 Å². The topological polar surface area (TPSA) is 86.7 Å². The number of amides is 1. The number of aromatic nitrogens is 4. The molecule has 6 nitrogen and oxygen atoms in total. The third-order valence-corrected chi connectivity index (χ3v) is 3.46. The van der Waals surface area contributed by atoms with Crippen LogP contribution in [0, 0.1) is 0 Å². The fraction of sp³-hybridized carbons (Fsp3) is 0.538. The van der Waals surface area contributed by atoms with Crippen LogP contribution in [0.5, 0.6) is 0 Å². The summed E-state index contributed by atoms with van der Waals surface area (Å²) in [5.74, 6) is -0.325. The first-order valence-electron chi connectivity index (χ1n) is 6.59. The summed E-state index contributed by atoms with van der Waals surface area (Å²) in [6, 6.07) is 0. The van der Waals surface area contributed by atoms with E-state index in [0.29, 0.717) is 24.0 Å². The summed E-state index contributed by atoms with van der Waals surface area (Å²) in [6.07, 6.45) is 7.86. The predicted molar refractivity (Wildman–Crippen MR) is 72.3 cm³/mol. The van der Waals surface area contributed by atoms with Crippen molar-refractivity contribution in [1.82, 2.24) is 19.5 Å². The lowest BCUT2D eigenvalue weighted by molar-refractivity contribution is -0.127. The normalized spacial score (nSPS) is 11.9. The highest BCUT2D eigenvalue weighted by atomic mass is 16.1. The van der Waals surface area contributed by atoms with Crippen molar-refractivity contribution in [3.8, 4) is 0 Å². The summed E-state index contributed by atoms with van der Waals surface area (Å²) in [5, 5.41) is 0. The summed E-state index contributed by atoms with van der Waals surface area (Å²) in [6.45, 7) is 4.09. The van der Waals surface area contributed by atoms with Crippen molar-refractivity contribution in [1.29, 1.82) is 0 Å². The first-order valence-corrected chi connectivity index (χ1v) is 6.59. The third kappa shape index (κ3) is 2.18. The average molecular weight is 261 g/mol. The molecule has 19 heavy (non-hydrogen) atoms. The molecule has 6 heteroatoms. The molecule has 0 spiro atoms. The highest BCUT2D eigenvalue weighted by molar-refractivity contribution is 5.85. The minimum absolute atomic E-state index is 0.325. The summed E-state index contributed by atoms with van der Waals surface area (Å²) in [7, 11) is 0. The standard InChI is InChI=1S/C13H19N5O/c1-3-5-13(6-4-2,12(14)19)18-9-17-10-7-15-8-16-11(10)18/h7-9H,3-6H2,1-2H3,(H2,14,19). The average Bonchev–Trinajstić information content (AvgIpc) is 2.82. The number of rotatable bonds is 6. The molecular formula is C13H19N5O. The Bertz CT molecular complexity index is 571. The van der Waals surface area contributed by atoms with Crippen molar-refractivity contribution < 1.29 is 4.79 Å². The van der Waals surface area contributed by atoms with Crippen LogP contribution < -0.4 is 5.73 Å². The first-order chi connectivity index (χ1) is 9.15. The number of primary amides is 1. The maximum absolute atomic E-state index is 12.1. The van der Waals surface area contributed by atoms with E-state index in [1.54, 1.807) is 12.5 Å². The van der Waals surface area contributed by atoms with Gasteiger partial charge in [-0.25, -0.2) is 15.0 Å². The van der Waals surface area contributed by atoms with E-state index in [1.807, 2.05) is 18.4 Å². The number of fused-ring (bicyclic) bond motifs is 1. The van der Waals surface area contributed by atoms with Gasteiger partial charge in [0.1, 0.15) is 17.4 Å². The van der Waals surface area contributed by atoms with Crippen LogP contribution >= 0.6 is 0 Å². The van der Waals surface area contributed by atoms with E-state index < -0.39 is 5.54 Å². The maximum Gasteiger partial charge on any atom is 0.243 e. The molecular weight excluding hydrogens is 242 g/mol.